The summed E-state index contributed by atoms with van der Waals surface area (Å²) in [6.07, 6.45) is 2.90. The quantitative estimate of drug-likeness (QED) is 0.678. The average molecular weight is 198 g/mol. The third-order valence-corrected chi connectivity index (χ3v) is 2.04. The van der Waals surface area contributed by atoms with Gasteiger partial charge in [0.1, 0.15) is 0 Å². The Labute approximate surface area is 79.4 Å². The van der Waals surface area contributed by atoms with Crippen LogP contribution in [0.5, 0.6) is 0 Å². The molecule has 1 fully saturated rings. The lowest BCUT2D eigenvalue weighted by Gasteiger charge is -2.38. The fourth-order valence-corrected chi connectivity index (χ4v) is 1.33. The lowest BCUT2D eigenvalue weighted by molar-refractivity contribution is -0.113. The van der Waals surface area contributed by atoms with E-state index in [0.29, 0.717) is 5.56 Å². The van der Waals surface area contributed by atoms with Crippen molar-refractivity contribution in [1.82, 2.24) is 9.88 Å². The van der Waals surface area contributed by atoms with E-state index < -0.39 is 19.0 Å². The lowest BCUT2D eigenvalue weighted by atomic mass is 10.1. The molecule has 0 unspecified atom stereocenters. The first-order valence-electron chi connectivity index (χ1n) is 4.16. The van der Waals surface area contributed by atoms with E-state index in [9.17, 15) is 13.6 Å². The number of carbonyl (C=O) groups is 1. The highest BCUT2D eigenvalue weighted by Gasteiger charge is 2.46. The summed E-state index contributed by atoms with van der Waals surface area (Å²) in [5.74, 6) is -3.10. The summed E-state index contributed by atoms with van der Waals surface area (Å²) in [4.78, 5) is 16.3. The molecule has 0 spiro atoms. The first kappa shape index (κ1) is 9.05. The van der Waals surface area contributed by atoms with E-state index >= 15 is 0 Å². The number of nitrogens with zero attached hydrogens (tertiary/aromatic N) is 2. The normalized spacial score (nSPS) is 18.9. The van der Waals surface area contributed by atoms with E-state index in [1.807, 2.05) is 0 Å². The molecule has 0 aliphatic carbocycles. The molecular weight excluding hydrogens is 190 g/mol. The molecular formula is C9H8F2N2O. The van der Waals surface area contributed by atoms with Crippen LogP contribution in [0, 0.1) is 0 Å². The van der Waals surface area contributed by atoms with Gasteiger partial charge in [-0.05, 0) is 12.1 Å². The largest absolute Gasteiger partial charge is 0.326 e. The molecule has 0 N–H and O–H groups in total. The van der Waals surface area contributed by atoms with Gasteiger partial charge in [-0.3, -0.25) is 9.78 Å². The van der Waals surface area contributed by atoms with Crippen molar-refractivity contribution in [2.45, 2.75) is 5.92 Å². The number of hydrogen-bond acceptors (Lipinski definition) is 2. The molecule has 0 bridgehead atoms. The molecule has 2 heterocycles. The van der Waals surface area contributed by atoms with Gasteiger partial charge in [0.05, 0.1) is 18.7 Å². The van der Waals surface area contributed by atoms with Gasteiger partial charge >= 0.3 is 0 Å². The van der Waals surface area contributed by atoms with E-state index in [1.54, 1.807) is 12.1 Å². The Morgan fingerprint density at radius 2 is 2.21 bits per heavy atom. The minimum Gasteiger partial charge on any atom is -0.326 e. The minimum absolute atomic E-state index is 0.350. The second-order valence-electron chi connectivity index (χ2n) is 3.26. The van der Waals surface area contributed by atoms with Gasteiger partial charge in [-0.25, -0.2) is 8.78 Å². The van der Waals surface area contributed by atoms with Gasteiger partial charge in [-0.15, -0.1) is 0 Å². The number of aromatic nitrogens is 1. The third kappa shape index (κ3) is 1.57. The molecule has 0 atom stereocenters. The third-order valence-electron chi connectivity index (χ3n) is 2.04. The SMILES string of the molecule is O=C(c1cccnc1)N1CC(F)(F)C1. The number of amides is 1. The van der Waals surface area contributed by atoms with Crippen molar-refractivity contribution in [3.8, 4) is 0 Å². The Morgan fingerprint density at radius 1 is 1.50 bits per heavy atom. The Hall–Kier alpha value is -1.52. The van der Waals surface area contributed by atoms with Crippen molar-refractivity contribution in [3.63, 3.8) is 0 Å². The van der Waals surface area contributed by atoms with Gasteiger partial charge < -0.3 is 4.90 Å². The fourth-order valence-electron chi connectivity index (χ4n) is 1.33. The van der Waals surface area contributed by atoms with Crippen LogP contribution in [0.1, 0.15) is 10.4 Å². The average Bonchev–Trinajstić information content (AvgIpc) is 2.14. The molecule has 1 amide bonds. The minimum atomic E-state index is -2.71. The molecule has 1 aromatic heterocycles. The number of pyridine rings is 1. The molecule has 0 aromatic carbocycles. The Morgan fingerprint density at radius 3 is 2.71 bits per heavy atom. The van der Waals surface area contributed by atoms with Crippen LogP contribution in [-0.2, 0) is 0 Å². The van der Waals surface area contributed by atoms with E-state index in [1.165, 1.54) is 12.4 Å². The predicted octanol–water partition coefficient (Wildman–Crippen LogP) is 1.17. The van der Waals surface area contributed by atoms with Crippen LogP contribution in [0.3, 0.4) is 0 Å². The van der Waals surface area contributed by atoms with Crippen LogP contribution in [0.2, 0.25) is 0 Å². The van der Waals surface area contributed by atoms with E-state index in [2.05, 4.69) is 4.98 Å². The number of halogens is 2. The number of carbonyl (C=O) groups excluding carboxylic acids is 1. The zero-order chi connectivity index (χ0) is 10.2. The molecule has 14 heavy (non-hydrogen) atoms. The first-order chi connectivity index (χ1) is 6.58. The van der Waals surface area contributed by atoms with E-state index in [4.69, 9.17) is 0 Å². The maximum atomic E-state index is 12.5. The summed E-state index contributed by atoms with van der Waals surface area (Å²) in [5, 5.41) is 0. The van der Waals surface area contributed by atoms with Gasteiger partial charge in [-0.1, -0.05) is 0 Å². The second-order valence-corrected chi connectivity index (χ2v) is 3.26. The zero-order valence-electron chi connectivity index (χ0n) is 7.28. The molecule has 1 aliphatic heterocycles. The van der Waals surface area contributed by atoms with Crippen LogP contribution in [0.4, 0.5) is 8.78 Å². The van der Waals surface area contributed by atoms with Gasteiger partial charge in [0.2, 0.25) is 0 Å². The van der Waals surface area contributed by atoms with Crippen LogP contribution in [0.25, 0.3) is 0 Å². The van der Waals surface area contributed by atoms with Gasteiger partial charge in [0.25, 0.3) is 11.8 Å². The van der Waals surface area contributed by atoms with Gasteiger partial charge in [0.15, 0.2) is 0 Å². The van der Waals surface area contributed by atoms with Crippen LogP contribution in [-0.4, -0.2) is 34.8 Å². The second kappa shape index (κ2) is 3.01. The number of alkyl halides is 2. The maximum absolute atomic E-state index is 12.5. The molecule has 1 saturated heterocycles. The van der Waals surface area contributed by atoms with Gasteiger partial charge in [0, 0.05) is 12.4 Å². The first-order valence-corrected chi connectivity index (χ1v) is 4.16. The Bertz CT molecular complexity index is 345. The van der Waals surface area contributed by atoms with Crippen LogP contribution < -0.4 is 0 Å². The summed E-state index contributed by atoms with van der Waals surface area (Å²) in [6.45, 7) is -0.971. The highest BCUT2D eigenvalue weighted by Crippen LogP contribution is 2.27. The predicted molar refractivity (Wildman–Crippen MR) is 45.1 cm³/mol. The summed E-state index contributed by atoms with van der Waals surface area (Å²) in [6, 6.07) is 3.16. The topological polar surface area (TPSA) is 33.2 Å². The monoisotopic (exact) mass is 198 g/mol. The molecule has 74 valence electrons. The smallest absolute Gasteiger partial charge is 0.282 e. The maximum Gasteiger partial charge on any atom is 0.282 e. The fraction of sp³-hybridized carbons (Fsp3) is 0.333. The molecule has 3 nitrogen and oxygen atoms in total. The molecule has 0 radical (unpaired) electrons. The summed E-state index contributed by atoms with van der Waals surface area (Å²) < 4.78 is 24.9. The highest BCUT2D eigenvalue weighted by atomic mass is 19.3. The number of hydrogen-bond donors (Lipinski definition) is 0. The molecule has 0 saturated carbocycles. The number of rotatable bonds is 1. The van der Waals surface area contributed by atoms with Crippen LogP contribution >= 0.6 is 0 Å². The summed E-state index contributed by atoms with van der Waals surface area (Å²) >= 11 is 0. The summed E-state index contributed by atoms with van der Waals surface area (Å²) in [7, 11) is 0. The van der Waals surface area contributed by atoms with E-state index in [0.717, 1.165) is 4.90 Å². The lowest BCUT2D eigenvalue weighted by Crippen LogP contribution is -2.58. The van der Waals surface area contributed by atoms with Crippen molar-refractivity contribution in [1.29, 1.82) is 0 Å². The standard InChI is InChI=1S/C9H8F2N2O/c10-9(11)5-13(6-9)8(14)7-2-1-3-12-4-7/h1-4H,5-6H2. The van der Waals surface area contributed by atoms with E-state index in [-0.39, 0.29) is 5.91 Å². The number of likely N-dealkylation sites (tertiary alicyclic amines) is 1. The molecule has 5 heteroatoms. The zero-order valence-corrected chi connectivity index (χ0v) is 7.28. The molecule has 1 aliphatic rings. The Kier molecular flexibility index (Phi) is 1.94. The van der Waals surface area contributed by atoms with Crippen molar-refractivity contribution >= 4 is 5.91 Å². The van der Waals surface area contributed by atoms with Crippen molar-refractivity contribution < 1.29 is 13.6 Å². The van der Waals surface area contributed by atoms with Crippen molar-refractivity contribution in [3.05, 3.63) is 30.1 Å². The van der Waals surface area contributed by atoms with Crippen molar-refractivity contribution in [2.24, 2.45) is 0 Å². The highest BCUT2D eigenvalue weighted by molar-refractivity contribution is 5.94. The van der Waals surface area contributed by atoms with Crippen molar-refractivity contribution in [2.75, 3.05) is 13.1 Å². The summed E-state index contributed by atoms with van der Waals surface area (Å²) in [5.41, 5.74) is 0.350. The molecule has 2 rings (SSSR count). The Balaban J connectivity index is 2.05. The van der Waals surface area contributed by atoms with Gasteiger partial charge in [-0.2, -0.15) is 0 Å². The molecule has 1 aromatic rings. The van der Waals surface area contributed by atoms with Crippen LogP contribution in [0.15, 0.2) is 24.5 Å².